The molecule has 146 valence electrons. The van der Waals surface area contributed by atoms with Crippen LogP contribution in [0.3, 0.4) is 0 Å². The lowest BCUT2D eigenvalue weighted by molar-refractivity contribution is 0.219. The zero-order valence-corrected chi connectivity index (χ0v) is 18.6. The van der Waals surface area contributed by atoms with Crippen molar-refractivity contribution >= 4 is 20.1 Å². The smallest absolute Gasteiger partial charge is 0.250 e. The predicted molar refractivity (Wildman–Crippen MR) is 113 cm³/mol. The van der Waals surface area contributed by atoms with Gasteiger partial charge < -0.3 is 19.0 Å². The van der Waals surface area contributed by atoms with Gasteiger partial charge in [0.2, 0.25) is 8.32 Å². The van der Waals surface area contributed by atoms with Crippen molar-refractivity contribution in [2.45, 2.75) is 49.9 Å². The molecular formula is C21H28O4SSi. The highest BCUT2D eigenvalue weighted by Gasteiger charge is 2.39. The second-order valence-electron chi connectivity index (χ2n) is 8.32. The number of aromatic hydroxyl groups is 1. The summed E-state index contributed by atoms with van der Waals surface area (Å²) in [5, 5.41) is 10.2. The summed E-state index contributed by atoms with van der Waals surface area (Å²) >= 11 is 1.75. The molecule has 0 bridgehead atoms. The topological polar surface area (TPSA) is 47.9 Å². The average Bonchev–Trinajstić information content (AvgIpc) is 2.60. The molecule has 27 heavy (non-hydrogen) atoms. The highest BCUT2D eigenvalue weighted by Crippen LogP contribution is 2.44. The Bertz CT molecular complexity index is 829. The van der Waals surface area contributed by atoms with E-state index in [1.54, 1.807) is 31.0 Å². The van der Waals surface area contributed by atoms with Crippen molar-refractivity contribution in [2.75, 3.05) is 12.9 Å². The minimum Gasteiger partial charge on any atom is -0.543 e. The molecule has 0 aromatic heterocycles. The molecule has 0 saturated heterocycles. The normalized spacial score (nSPS) is 17.0. The maximum absolute atomic E-state index is 10.0. The summed E-state index contributed by atoms with van der Waals surface area (Å²) in [6, 6.07) is 11.5. The van der Waals surface area contributed by atoms with Crippen molar-refractivity contribution in [1.29, 1.82) is 0 Å². The highest BCUT2D eigenvalue weighted by atomic mass is 32.2. The molecule has 1 aliphatic rings. The number of benzene rings is 2. The van der Waals surface area contributed by atoms with Gasteiger partial charge in [0.1, 0.15) is 17.6 Å². The van der Waals surface area contributed by atoms with Gasteiger partial charge in [0.05, 0.1) is 12.0 Å². The van der Waals surface area contributed by atoms with Crippen LogP contribution in [-0.2, 0) is 0 Å². The fourth-order valence-electron chi connectivity index (χ4n) is 2.63. The quantitative estimate of drug-likeness (QED) is 0.632. The van der Waals surface area contributed by atoms with Crippen molar-refractivity contribution in [3.63, 3.8) is 0 Å². The molecule has 1 unspecified atom stereocenters. The van der Waals surface area contributed by atoms with Gasteiger partial charge >= 0.3 is 0 Å². The fourth-order valence-corrected chi connectivity index (χ4v) is 4.71. The molecule has 2 aromatic rings. The van der Waals surface area contributed by atoms with Crippen molar-refractivity contribution in [1.82, 2.24) is 0 Å². The van der Waals surface area contributed by atoms with Crippen LogP contribution in [0.1, 0.15) is 32.4 Å². The Morgan fingerprint density at radius 2 is 1.89 bits per heavy atom. The number of rotatable bonds is 4. The zero-order chi connectivity index (χ0) is 19.8. The first-order chi connectivity index (χ1) is 12.6. The largest absolute Gasteiger partial charge is 0.543 e. The van der Waals surface area contributed by atoms with Crippen LogP contribution in [0.15, 0.2) is 41.3 Å². The van der Waals surface area contributed by atoms with Gasteiger partial charge in [0.15, 0.2) is 11.5 Å². The van der Waals surface area contributed by atoms with Crippen molar-refractivity contribution < 1.29 is 19.0 Å². The van der Waals surface area contributed by atoms with E-state index in [9.17, 15) is 5.11 Å². The van der Waals surface area contributed by atoms with Gasteiger partial charge in [-0.25, -0.2) is 0 Å². The average molecular weight is 405 g/mol. The van der Waals surface area contributed by atoms with Crippen LogP contribution >= 0.6 is 11.8 Å². The molecule has 3 rings (SSSR count). The predicted octanol–water partition coefficient (Wildman–Crippen LogP) is 6.01. The van der Waals surface area contributed by atoms with E-state index in [-0.39, 0.29) is 16.9 Å². The molecule has 0 saturated carbocycles. The van der Waals surface area contributed by atoms with E-state index < -0.39 is 8.32 Å². The maximum atomic E-state index is 10.0. The van der Waals surface area contributed by atoms with E-state index >= 15 is 0 Å². The number of phenols is 1. The molecule has 1 N–H and O–H groups in total. The number of phenolic OH excluding ortho intramolecular Hbond substituents is 1. The van der Waals surface area contributed by atoms with Crippen LogP contribution in [0, 0.1) is 0 Å². The molecule has 0 spiro atoms. The minimum absolute atomic E-state index is 0.105. The number of hydrogen-bond donors (Lipinski definition) is 1. The van der Waals surface area contributed by atoms with E-state index in [1.165, 1.54) is 0 Å². The standard InChI is InChI=1S/C21H28O4SSi/c1-21(2,3)27(5,6)25-15-8-10-18-20(12-15)26-13-19(24-18)14-7-9-17(23-4)16(22)11-14/h7-12,19,22H,13H2,1-6H3. The van der Waals surface area contributed by atoms with Crippen LogP contribution < -0.4 is 13.9 Å². The van der Waals surface area contributed by atoms with Crippen LogP contribution in [-0.4, -0.2) is 26.3 Å². The van der Waals surface area contributed by atoms with Crippen LogP contribution in [0.25, 0.3) is 0 Å². The SMILES string of the molecule is COc1ccc(C2CSc3cc(O[Si](C)(C)C(C)(C)C)ccc3O2)cc1O. The van der Waals surface area contributed by atoms with E-state index in [0.717, 1.165) is 27.7 Å². The first-order valence-electron chi connectivity index (χ1n) is 9.10. The number of hydrogen-bond acceptors (Lipinski definition) is 5. The molecule has 0 fully saturated rings. The monoisotopic (exact) mass is 404 g/mol. The molecule has 1 heterocycles. The molecule has 0 amide bonds. The molecular weight excluding hydrogens is 376 g/mol. The van der Waals surface area contributed by atoms with Crippen LogP contribution in [0.5, 0.6) is 23.0 Å². The number of fused-ring (bicyclic) bond motifs is 1. The Balaban J connectivity index is 1.77. The molecule has 4 nitrogen and oxygen atoms in total. The summed E-state index contributed by atoms with van der Waals surface area (Å²) in [4.78, 5) is 1.10. The Hall–Kier alpha value is -1.79. The molecule has 2 aromatic carbocycles. The third kappa shape index (κ3) is 4.22. The van der Waals surface area contributed by atoms with Crippen molar-refractivity contribution in [3.8, 4) is 23.0 Å². The van der Waals surface area contributed by atoms with Gasteiger partial charge in [-0.1, -0.05) is 26.8 Å². The first kappa shape index (κ1) is 20.0. The maximum Gasteiger partial charge on any atom is 0.250 e. The molecule has 0 radical (unpaired) electrons. The van der Waals surface area contributed by atoms with Gasteiger partial charge in [0.25, 0.3) is 0 Å². The molecule has 6 heteroatoms. The van der Waals surface area contributed by atoms with Gasteiger partial charge in [-0.05, 0) is 54.0 Å². The summed E-state index contributed by atoms with van der Waals surface area (Å²) in [7, 11) is -0.319. The van der Waals surface area contributed by atoms with Gasteiger partial charge in [-0.3, -0.25) is 0 Å². The lowest BCUT2D eigenvalue weighted by Crippen LogP contribution is -2.43. The Kier molecular flexibility index (Phi) is 5.41. The van der Waals surface area contributed by atoms with E-state index in [4.69, 9.17) is 13.9 Å². The summed E-state index contributed by atoms with van der Waals surface area (Å²) in [6.07, 6.45) is -0.105. The third-order valence-electron chi connectivity index (χ3n) is 5.33. The second kappa shape index (κ2) is 7.32. The Labute approximate surface area is 167 Å². The molecule has 1 aliphatic heterocycles. The zero-order valence-electron chi connectivity index (χ0n) is 16.8. The van der Waals surface area contributed by atoms with Gasteiger partial charge in [-0.15, -0.1) is 11.8 Å². The lowest BCUT2D eigenvalue weighted by Gasteiger charge is -2.36. The van der Waals surface area contributed by atoms with Gasteiger partial charge in [-0.2, -0.15) is 0 Å². The van der Waals surface area contributed by atoms with E-state index in [1.807, 2.05) is 18.2 Å². The van der Waals surface area contributed by atoms with E-state index in [0.29, 0.717) is 5.75 Å². The Morgan fingerprint density at radius 1 is 1.15 bits per heavy atom. The number of methoxy groups -OCH3 is 1. The number of ether oxygens (including phenoxy) is 2. The minimum atomic E-state index is -1.86. The third-order valence-corrected chi connectivity index (χ3v) is 10.8. The van der Waals surface area contributed by atoms with Crippen molar-refractivity contribution in [3.05, 3.63) is 42.0 Å². The summed E-state index contributed by atoms with van der Waals surface area (Å²) in [5.74, 6) is 3.15. The van der Waals surface area contributed by atoms with E-state index in [2.05, 4.69) is 39.9 Å². The van der Waals surface area contributed by atoms with Crippen LogP contribution in [0.2, 0.25) is 18.1 Å². The first-order valence-corrected chi connectivity index (χ1v) is 13.0. The highest BCUT2D eigenvalue weighted by molar-refractivity contribution is 7.99. The van der Waals surface area contributed by atoms with Crippen LogP contribution in [0.4, 0.5) is 0 Å². The molecule has 1 atom stereocenters. The molecule has 0 aliphatic carbocycles. The number of thioether (sulfide) groups is 1. The summed E-state index contributed by atoms with van der Waals surface area (Å²) in [5.41, 5.74) is 0.938. The summed E-state index contributed by atoms with van der Waals surface area (Å²) in [6.45, 7) is 11.2. The lowest BCUT2D eigenvalue weighted by atomic mass is 10.1. The van der Waals surface area contributed by atoms with Gasteiger partial charge in [0, 0.05) is 5.75 Å². The Morgan fingerprint density at radius 3 is 2.52 bits per heavy atom. The summed E-state index contributed by atoms with van der Waals surface area (Å²) < 4.78 is 17.7. The second-order valence-corrected chi connectivity index (χ2v) is 14.1. The van der Waals surface area contributed by atoms with Crippen molar-refractivity contribution in [2.24, 2.45) is 0 Å². The fraction of sp³-hybridized carbons (Fsp3) is 0.429.